The summed E-state index contributed by atoms with van der Waals surface area (Å²) in [5, 5.41) is 4.33. The van der Waals surface area contributed by atoms with Gasteiger partial charge in [-0.15, -0.1) is 0 Å². The molecule has 2 aliphatic rings. The minimum atomic E-state index is -0.201. The van der Waals surface area contributed by atoms with E-state index in [1.807, 2.05) is 42.6 Å². The number of aromatic amines is 1. The second-order valence-corrected chi connectivity index (χ2v) is 8.85. The molecule has 31 heavy (non-hydrogen) atoms. The monoisotopic (exact) mass is 419 g/mol. The Hall–Kier alpha value is -2.99. The molecule has 6 heteroatoms. The van der Waals surface area contributed by atoms with Crippen molar-refractivity contribution >= 4 is 16.8 Å². The number of H-pyrrole nitrogens is 1. The fourth-order valence-electron chi connectivity index (χ4n) is 4.93. The average Bonchev–Trinajstić information content (AvgIpc) is 3.17. The Morgan fingerprint density at radius 2 is 2.06 bits per heavy atom. The van der Waals surface area contributed by atoms with E-state index < -0.39 is 0 Å². The number of benzene rings is 2. The first kappa shape index (κ1) is 19.9. The second kappa shape index (κ2) is 7.93. The van der Waals surface area contributed by atoms with Gasteiger partial charge in [-0.2, -0.15) is 0 Å². The van der Waals surface area contributed by atoms with Gasteiger partial charge in [-0.1, -0.05) is 18.2 Å². The maximum absolute atomic E-state index is 13.1. The minimum Gasteiger partial charge on any atom is -0.497 e. The smallest absolute Gasteiger partial charge is 0.224 e. The summed E-state index contributed by atoms with van der Waals surface area (Å²) in [5.74, 6) is 1.71. The number of hydrogen-bond acceptors (Lipinski definition) is 4. The number of nitrogens with one attached hydrogen (secondary N) is 2. The molecule has 1 atom stereocenters. The van der Waals surface area contributed by atoms with Crippen LogP contribution in [0, 0.1) is 0 Å². The van der Waals surface area contributed by atoms with Crippen molar-refractivity contribution in [3.63, 3.8) is 0 Å². The summed E-state index contributed by atoms with van der Waals surface area (Å²) in [6, 6.07) is 14.0. The summed E-state index contributed by atoms with van der Waals surface area (Å²) in [7, 11) is 3.81. The van der Waals surface area contributed by atoms with Crippen molar-refractivity contribution in [1.29, 1.82) is 0 Å². The Morgan fingerprint density at radius 1 is 1.26 bits per heavy atom. The summed E-state index contributed by atoms with van der Waals surface area (Å²) < 4.78 is 11.9. The molecular weight excluding hydrogens is 390 g/mol. The highest BCUT2D eigenvalue weighted by molar-refractivity contribution is 5.90. The summed E-state index contributed by atoms with van der Waals surface area (Å²) in [5.41, 5.74) is 2.85. The summed E-state index contributed by atoms with van der Waals surface area (Å²) >= 11 is 0. The number of carbonyl (C=O) groups is 1. The molecule has 2 aromatic carbocycles. The molecule has 162 valence electrons. The van der Waals surface area contributed by atoms with Crippen LogP contribution in [0.4, 0.5) is 0 Å². The zero-order valence-corrected chi connectivity index (χ0v) is 18.1. The van der Waals surface area contributed by atoms with Gasteiger partial charge in [0.2, 0.25) is 5.91 Å². The van der Waals surface area contributed by atoms with E-state index in [0.29, 0.717) is 6.42 Å². The number of amides is 1. The third-order valence-electron chi connectivity index (χ3n) is 6.76. The van der Waals surface area contributed by atoms with Crippen LogP contribution in [0.1, 0.15) is 36.4 Å². The quantitative estimate of drug-likeness (QED) is 0.675. The van der Waals surface area contributed by atoms with E-state index in [1.54, 1.807) is 7.11 Å². The lowest BCUT2D eigenvalue weighted by Crippen LogP contribution is -2.51. The lowest BCUT2D eigenvalue weighted by atomic mass is 9.80. The molecule has 1 fully saturated rings. The third-order valence-corrected chi connectivity index (χ3v) is 6.76. The molecule has 0 aliphatic carbocycles. The number of rotatable bonds is 4. The van der Waals surface area contributed by atoms with E-state index in [4.69, 9.17) is 9.47 Å². The Kier molecular flexibility index (Phi) is 5.10. The number of nitrogens with zero attached hydrogens (tertiary/aromatic N) is 1. The number of ether oxygens (including phenoxy) is 2. The number of methoxy groups -OCH3 is 1. The van der Waals surface area contributed by atoms with Crippen LogP contribution in [0.2, 0.25) is 0 Å². The number of carbonyl (C=O) groups excluding carboxylic acids is 1. The summed E-state index contributed by atoms with van der Waals surface area (Å²) in [6.45, 7) is 2.03. The average molecular weight is 420 g/mol. The van der Waals surface area contributed by atoms with Gasteiger partial charge in [0.25, 0.3) is 0 Å². The molecule has 2 N–H and O–H groups in total. The van der Waals surface area contributed by atoms with Crippen LogP contribution in [-0.2, 0) is 11.2 Å². The van der Waals surface area contributed by atoms with Gasteiger partial charge < -0.3 is 24.7 Å². The fourth-order valence-corrected chi connectivity index (χ4v) is 4.93. The van der Waals surface area contributed by atoms with Gasteiger partial charge in [-0.25, -0.2) is 0 Å². The van der Waals surface area contributed by atoms with Crippen molar-refractivity contribution < 1.29 is 14.3 Å². The first-order valence-corrected chi connectivity index (χ1v) is 11.0. The zero-order chi connectivity index (χ0) is 21.4. The Labute approximate surface area is 182 Å². The molecule has 6 nitrogen and oxygen atoms in total. The number of fused-ring (bicyclic) bond motifs is 2. The Bertz CT molecular complexity index is 1100. The SMILES string of the molecule is COc1ccc2[nH]cc(CC(=O)NC3CC4(CCN(C)CC4)Oc4ccccc43)c2c1. The summed E-state index contributed by atoms with van der Waals surface area (Å²) in [4.78, 5) is 18.7. The molecule has 3 aromatic rings. The van der Waals surface area contributed by atoms with Crippen LogP contribution in [0.3, 0.4) is 0 Å². The lowest BCUT2D eigenvalue weighted by Gasteiger charge is -2.46. The third kappa shape index (κ3) is 3.88. The first-order valence-electron chi connectivity index (χ1n) is 11.0. The summed E-state index contributed by atoms with van der Waals surface area (Å²) in [6.07, 6.45) is 5.01. The predicted molar refractivity (Wildman–Crippen MR) is 121 cm³/mol. The van der Waals surface area contributed by atoms with Crippen LogP contribution in [-0.4, -0.2) is 48.6 Å². The van der Waals surface area contributed by atoms with E-state index in [0.717, 1.165) is 65.9 Å². The molecule has 0 saturated carbocycles. The van der Waals surface area contributed by atoms with Crippen molar-refractivity contribution in [3.8, 4) is 11.5 Å². The molecule has 0 bridgehead atoms. The van der Waals surface area contributed by atoms with Gasteiger partial charge in [0, 0.05) is 42.2 Å². The molecule has 1 aromatic heterocycles. The van der Waals surface area contributed by atoms with Gasteiger partial charge in [-0.05, 0) is 49.7 Å². The standard InChI is InChI=1S/C25H29N3O3/c1-28-11-9-25(10-12-28)15-22(19-5-3-4-6-23(19)31-25)27-24(29)13-17-16-26-21-8-7-18(30-2)14-20(17)21/h3-8,14,16,22,26H,9-13,15H2,1-2H3,(H,27,29). The number of para-hydroxylation sites is 1. The van der Waals surface area contributed by atoms with Gasteiger partial charge in [0.15, 0.2) is 0 Å². The molecule has 5 rings (SSSR count). The van der Waals surface area contributed by atoms with Crippen molar-refractivity contribution in [2.75, 3.05) is 27.2 Å². The van der Waals surface area contributed by atoms with E-state index >= 15 is 0 Å². The first-order chi connectivity index (χ1) is 15.0. The molecule has 1 spiro atoms. The zero-order valence-electron chi connectivity index (χ0n) is 18.1. The number of piperidine rings is 1. The Morgan fingerprint density at radius 3 is 2.87 bits per heavy atom. The number of likely N-dealkylation sites (tertiary alicyclic amines) is 1. The molecule has 1 unspecified atom stereocenters. The maximum atomic E-state index is 13.1. The second-order valence-electron chi connectivity index (χ2n) is 8.85. The number of aromatic nitrogens is 1. The molecule has 2 aliphatic heterocycles. The highest BCUT2D eigenvalue weighted by atomic mass is 16.5. The van der Waals surface area contributed by atoms with E-state index in [1.165, 1.54) is 0 Å². The topological polar surface area (TPSA) is 66.6 Å². The van der Waals surface area contributed by atoms with Gasteiger partial charge >= 0.3 is 0 Å². The molecule has 0 radical (unpaired) electrons. The van der Waals surface area contributed by atoms with Crippen molar-refractivity contribution in [2.45, 2.75) is 37.3 Å². The highest BCUT2D eigenvalue weighted by Gasteiger charge is 2.43. The van der Waals surface area contributed by atoms with Gasteiger partial charge in [-0.3, -0.25) is 4.79 Å². The van der Waals surface area contributed by atoms with Gasteiger partial charge in [0.1, 0.15) is 17.1 Å². The van der Waals surface area contributed by atoms with Crippen LogP contribution < -0.4 is 14.8 Å². The van der Waals surface area contributed by atoms with Crippen molar-refractivity contribution in [3.05, 3.63) is 59.8 Å². The van der Waals surface area contributed by atoms with Crippen LogP contribution >= 0.6 is 0 Å². The number of hydrogen-bond donors (Lipinski definition) is 2. The normalized spacial score (nSPS) is 20.3. The highest BCUT2D eigenvalue weighted by Crippen LogP contribution is 2.44. The largest absolute Gasteiger partial charge is 0.497 e. The van der Waals surface area contributed by atoms with Crippen LogP contribution in [0.5, 0.6) is 11.5 Å². The maximum Gasteiger partial charge on any atom is 0.224 e. The van der Waals surface area contributed by atoms with E-state index in [-0.39, 0.29) is 17.6 Å². The molecule has 3 heterocycles. The molecule has 1 saturated heterocycles. The predicted octanol–water partition coefficient (Wildman–Crippen LogP) is 3.82. The van der Waals surface area contributed by atoms with E-state index in [2.05, 4.69) is 28.3 Å². The van der Waals surface area contributed by atoms with Crippen molar-refractivity contribution in [1.82, 2.24) is 15.2 Å². The van der Waals surface area contributed by atoms with Gasteiger partial charge in [0.05, 0.1) is 19.6 Å². The molecular formula is C25H29N3O3. The van der Waals surface area contributed by atoms with Crippen molar-refractivity contribution in [2.24, 2.45) is 0 Å². The van der Waals surface area contributed by atoms with Crippen LogP contribution in [0.25, 0.3) is 10.9 Å². The van der Waals surface area contributed by atoms with E-state index in [9.17, 15) is 4.79 Å². The fraction of sp³-hybridized carbons (Fsp3) is 0.400. The minimum absolute atomic E-state index is 0.0218. The van der Waals surface area contributed by atoms with Crippen LogP contribution in [0.15, 0.2) is 48.7 Å². The molecule has 1 amide bonds. The lowest BCUT2D eigenvalue weighted by molar-refractivity contribution is -0.122. The Balaban J connectivity index is 1.36.